The molecule has 1 amide bonds. The van der Waals surface area contributed by atoms with Gasteiger partial charge in [0.1, 0.15) is 0 Å². The predicted molar refractivity (Wildman–Crippen MR) is 79.8 cm³/mol. The van der Waals surface area contributed by atoms with Crippen LogP contribution in [0.2, 0.25) is 0 Å². The van der Waals surface area contributed by atoms with Gasteiger partial charge in [0.15, 0.2) is 0 Å². The summed E-state index contributed by atoms with van der Waals surface area (Å²) in [4.78, 5) is 16.3. The van der Waals surface area contributed by atoms with Crippen LogP contribution in [0.15, 0.2) is 47.5 Å². The number of carbonyl (C=O) groups excluding carboxylic acids is 1. The SMILES string of the molecule is N#Cc1ccc(NC(=O)c2cnn3ccncc23)c(Br)c1. The lowest BCUT2D eigenvalue weighted by Crippen LogP contribution is -2.12. The number of amides is 1. The molecule has 102 valence electrons. The topological polar surface area (TPSA) is 83.1 Å². The number of nitriles is 1. The summed E-state index contributed by atoms with van der Waals surface area (Å²) < 4.78 is 2.22. The van der Waals surface area contributed by atoms with E-state index in [1.807, 2.05) is 6.07 Å². The lowest BCUT2D eigenvalue weighted by Gasteiger charge is -2.06. The molecule has 0 bridgehead atoms. The van der Waals surface area contributed by atoms with Crippen molar-refractivity contribution < 1.29 is 4.79 Å². The van der Waals surface area contributed by atoms with Gasteiger partial charge in [-0.25, -0.2) is 4.52 Å². The van der Waals surface area contributed by atoms with Crippen molar-refractivity contribution in [2.75, 3.05) is 5.32 Å². The molecule has 0 saturated carbocycles. The highest BCUT2D eigenvalue weighted by Crippen LogP contribution is 2.24. The lowest BCUT2D eigenvalue weighted by molar-refractivity contribution is 0.102. The van der Waals surface area contributed by atoms with Gasteiger partial charge in [0, 0.05) is 16.9 Å². The van der Waals surface area contributed by atoms with Crippen LogP contribution in [0.25, 0.3) is 5.52 Å². The normalized spacial score (nSPS) is 10.3. The van der Waals surface area contributed by atoms with Gasteiger partial charge >= 0.3 is 0 Å². The summed E-state index contributed by atoms with van der Waals surface area (Å²) in [5.41, 5.74) is 2.15. The maximum Gasteiger partial charge on any atom is 0.259 e. The first-order valence-corrected chi connectivity index (χ1v) is 6.76. The van der Waals surface area contributed by atoms with Crippen LogP contribution in [0.3, 0.4) is 0 Å². The molecule has 0 aliphatic heterocycles. The van der Waals surface area contributed by atoms with Crippen molar-refractivity contribution in [3.8, 4) is 6.07 Å². The fourth-order valence-electron chi connectivity index (χ4n) is 1.89. The van der Waals surface area contributed by atoms with Crippen molar-refractivity contribution in [3.05, 3.63) is 58.6 Å². The van der Waals surface area contributed by atoms with Crippen molar-refractivity contribution in [2.24, 2.45) is 0 Å². The number of rotatable bonds is 2. The molecule has 7 heteroatoms. The Bertz CT molecular complexity index is 880. The molecule has 0 spiro atoms. The molecular formula is C14H8BrN5O. The Morgan fingerprint density at radius 3 is 3.00 bits per heavy atom. The van der Waals surface area contributed by atoms with Crippen LogP contribution in [0.4, 0.5) is 5.69 Å². The lowest BCUT2D eigenvalue weighted by atomic mass is 10.2. The molecule has 0 aliphatic carbocycles. The molecule has 2 aromatic heterocycles. The Kier molecular flexibility index (Phi) is 3.38. The maximum atomic E-state index is 12.3. The molecule has 0 unspecified atom stereocenters. The molecule has 3 rings (SSSR count). The Balaban J connectivity index is 1.92. The number of benzene rings is 1. The number of hydrogen-bond acceptors (Lipinski definition) is 4. The standard InChI is InChI=1S/C14H8BrN5O/c15-11-5-9(6-16)1-2-12(11)19-14(21)10-7-18-20-4-3-17-8-13(10)20/h1-5,7-8H,(H,19,21). The van der Waals surface area contributed by atoms with E-state index >= 15 is 0 Å². The van der Waals surface area contributed by atoms with Crippen LogP contribution < -0.4 is 5.32 Å². The third-order valence-electron chi connectivity index (χ3n) is 2.92. The van der Waals surface area contributed by atoms with E-state index in [0.29, 0.717) is 26.8 Å². The minimum absolute atomic E-state index is 0.289. The van der Waals surface area contributed by atoms with Gasteiger partial charge in [0.2, 0.25) is 0 Å². The summed E-state index contributed by atoms with van der Waals surface area (Å²) >= 11 is 3.33. The van der Waals surface area contributed by atoms with Gasteiger partial charge in [0.05, 0.1) is 40.8 Å². The van der Waals surface area contributed by atoms with Gasteiger partial charge in [-0.1, -0.05) is 0 Å². The minimum Gasteiger partial charge on any atom is -0.321 e. The first-order chi connectivity index (χ1) is 10.2. The van der Waals surface area contributed by atoms with Gasteiger partial charge < -0.3 is 5.32 Å². The zero-order valence-corrected chi connectivity index (χ0v) is 12.2. The molecular weight excluding hydrogens is 334 g/mol. The van der Waals surface area contributed by atoms with E-state index < -0.39 is 0 Å². The molecule has 1 N–H and O–H groups in total. The van der Waals surface area contributed by atoms with E-state index in [1.165, 1.54) is 6.20 Å². The van der Waals surface area contributed by atoms with E-state index in [0.717, 1.165) is 0 Å². The monoisotopic (exact) mass is 341 g/mol. The number of hydrogen-bond donors (Lipinski definition) is 1. The van der Waals surface area contributed by atoms with Crippen LogP contribution in [-0.2, 0) is 0 Å². The molecule has 0 radical (unpaired) electrons. The highest BCUT2D eigenvalue weighted by Gasteiger charge is 2.14. The van der Waals surface area contributed by atoms with Gasteiger partial charge in [-0.15, -0.1) is 0 Å². The quantitative estimate of drug-likeness (QED) is 0.776. The largest absolute Gasteiger partial charge is 0.321 e. The van der Waals surface area contributed by atoms with Gasteiger partial charge in [-0.3, -0.25) is 9.78 Å². The predicted octanol–water partition coefficient (Wildman–Crippen LogP) is 2.62. The third-order valence-corrected chi connectivity index (χ3v) is 3.57. The number of nitrogens with zero attached hydrogens (tertiary/aromatic N) is 4. The first kappa shape index (κ1) is 13.3. The number of anilines is 1. The second-order valence-corrected chi connectivity index (χ2v) is 5.08. The van der Waals surface area contributed by atoms with Crippen molar-refractivity contribution >= 4 is 33.0 Å². The van der Waals surface area contributed by atoms with Gasteiger partial charge in [-0.2, -0.15) is 10.4 Å². The number of nitrogens with one attached hydrogen (secondary N) is 1. The molecule has 0 saturated heterocycles. The minimum atomic E-state index is -0.289. The summed E-state index contributed by atoms with van der Waals surface area (Å²) in [7, 11) is 0. The van der Waals surface area contributed by atoms with E-state index in [4.69, 9.17) is 5.26 Å². The van der Waals surface area contributed by atoms with Crippen molar-refractivity contribution in [1.29, 1.82) is 5.26 Å². The number of halogens is 1. The molecule has 0 aliphatic rings. The second-order valence-electron chi connectivity index (χ2n) is 4.22. The molecule has 3 aromatic rings. The second kappa shape index (κ2) is 5.34. The Morgan fingerprint density at radius 2 is 2.24 bits per heavy atom. The molecule has 1 aromatic carbocycles. The van der Waals surface area contributed by atoms with Crippen LogP contribution in [0.1, 0.15) is 15.9 Å². The van der Waals surface area contributed by atoms with Crippen LogP contribution in [0, 0.1) is 11.3 Å². The highest BCUT2D eigenvalue weighted by atomic mass is 79.9. The third kappa shape index (κ3) is 2.49. The van der Waals surface area contributed by atoms with Gasteiger partial charge in [0.25, 0.3) is 5.91 Å². The van der Waals surface area contributed by atoms with E-state index in [9.17, 15) is 4.79 Å². The van der Waals surface area contributed by atoms with Crippen molar-refractivity contribution in [1.82, 2.24) is 14.6 Å². The van der Waals surface area contributed by atoms with Crippen molar-refractivity contribution in [3.63, 3.8) is 0 Å². The van der Waals surface area contributed by atoms with E-state index in [2.05, 4.69) is 31.3 Å². The van der Waals surface area contributed by atoms with Crippen LogP contribution in [-0.4, -0.2) is 20.5 Å². The molecule has 21 heavy (non-hydrogen) atoms. The molecule has 0 atom stereocenters. The Hall–Kier alpha value is -2.72. The molecule has 0 fully saturated rings. The van der Waals surface area contributed by atoms with Crippen molar-refractivity contribution in [2.45, 2.75) is 0 Å². The van der Waals surface area contributed by atoms with E-state index in [-0.39, 0.29) is 5.91 Å². The molecule has 2 heterocycles. The smallest absolute Gasteiger partial charge is 0.259 e. The number of carbonyl (C=O) groups is 1. The number of aromatic nitrogens is 3. The summed E-state index contributed by atoms with van der Waals surface area (Å²) in [5, 5.41) is 15.7. The summed E-state index contributed by atoms with van der Waals surface area (Å²) in [6, 6.07) is 6.99. The summed E-state index contributed by atoms with van der Waals surface area (Å²) in [6.45, 7) is 0. The Labute approximate surface area is 128 Å². The fourth-order valence-corrected chi connectivity index (χ4v) is 2.36. The van der Waals surface area contributed by atoms with Crippen LogP contribution >= 0.6 is 15.9 Å². The summed E-state index contributed by atoms with van der Waals surface area (Å²) in [5.74, 6) is -0.289. The maximum absolute atomic E-state index is 12.3. The average molecular weight is 342 g/mol. The zero-order valence-electron chi connectivity index (χ0n) is 10.6. The fraction of sp³-hybridized carbons (Fsp3) is 0. The average Bonchev–Trinajstić information content (AvgIpc) is 2.93. The first-order valence-electron chi connectivity index (χ1n) is 5.97. The summed E-state index contributed by atoms with van der Waals surface area (Å²) in [6.07, 6.45) is 6.34. The van der Waals surface area contributed by atoms with E-state index in [1.54, 1.807) is 41.3 Å². The highest BCUT2D eigenvalue weighted by molar-refractivity contribution is 9.10. The Morgan fingerprint density at radius 1 is 1.38 bits per heavy atom. The molecule has 6 nitrogen and oxygen atoms in total. The van der Waals surface area contributed by atoms with Gasteiger partial charge in [-0.05, 0) is 34.1 Å². The number of fused-ring (bicyclic) bond motifs is 1. The van der Waals surface area contributed by atoms with Crippen LogP contribution in [0.5, 0.6) is 0 Å². The zero-order chi connectivity index (χ0) is 14.8.